The van der Waals surface area contributed by atoms with Gasteiger partial charge in [-0.25, -0.2) is 0 Å². The van der Waals surface area contributed by atoms with E-state index in [4.69, 9.17) is 9.47 Å². The van der Waals surface area contributed by atoms with Gasteiger partial charge in [0, 0.05) is 0 Å². The summed E-state index contributed by atoms with van der Waals surface area (Å²) >= 11 is 2.31. The van der Waals surface area contributed by atoms with Gasteiger partial charge in [0.1, 0.15) is 6.79 Å². The lowest BCUT2D eigenvalue weighted by molar-refractivity contribution is -0.0898. The maximum Gasteiger partial charge on any atom is 0.146 e. The maximum atomic E-state index is 4.95. The summed E-state index contributed by atoms with van der Waals surface area (Å²) in [5.74, 6) is 0. The summed E-state index contributed by atoms with van der Waals surface area (Å²) in [5, 5.41) is 0. The Bertz CT molecular complexity index is 51.7. The lowest BCUT2D eigenvalue weighted by Crippen LogP contribution is -2.23. The van der Waals surface area contributed by atoms with Crippen molar-refractivity contribution in [1.82, 2.24) is 0 Å². The van der Waals surface area contributed by atoms with Crippen LogP contribution in [0.4, 0.5) is 0 Å². The predicted octanol–water partition coefficient (Wildman–Crippen LogP) is 0.794. The van der Waals surface area contributed by atoms with Gasteiger partial charge in [-0.05, 0) is 0 Å². The molecule has 0 unspecified atom stereocenters. The Morgan fingerprint density at radius 3 is 2.14 bits per heavy atom. The van der Waals surface area contributed by atoms with E-state index in [0.29, 0.717) is 10.7 Å². The molecule has 0 amide bonds. The molecule has 0 aromatic carbocycles. The van der Waals surface area contributed by atoms with Crippen LogP contribution in [-0.2, 0) is 9.47 Å². The molecule has 0 radical (unpaired) electrons. The average Bonchev–Trinajstić information content (AvgIpc) is 1.69. The number of halogens is 1. The van der Waals surface area contributed by atoms with Crippen molar-refractivity contribution in [2.24, 2.45) is 0 Å². The summed E-state index contributed by atoms with van der Waals surface area (Å²) < 4.78 is 10.5. The van der Waals surface area contributed by atoms with Gasteiger partial charge in [-0.15, -0.1) is 0 Å². The Kier molecular flexibility index (Phi) is 2.34. The normalized spacial score (nSPS) is 25.3. The third kappa shape index (κ3) is 1.92. The van der Waals surface area contributed by atoms with Crippen LogP contribution in [0.1, 0.15) is 0 Å². The zero-order valence-corrected chi connectivity index (χ0v) is 6.05. The first-order chi connectivity index (χ1) is 3.39. The molecule has 1 rings (SSSR count). The first kappa shape index (κ1) is 5.78. The molecule has 1 heterocycles. The summed E-state index contributed by atoms with van der Waals surface area (Å²) in [6.45, 7) is 2.18. The van der Waals surface area contributed by atoms with Crippen molar-refractivity contribution in [1.29, 1.82) is 0 Å². The zero-order valence-electron chi connectivity index (χ0n) is 3.89. The van der Waals surface area contributed by atoms with Crippen LogP contribution in [0.15, 0.2) is 0 Å². The van der Waals surface area contributed by atoms with E-state index in [1.807, 2.05) is 0 Å². The second-order valence-corrected chi connectivity index (χ2v) is 3.22. The Hall–Kier alpha value is 0.650. The fourth-order valence-corrected chi connectivity index (χ4v) is 0.968. The molecule has 0 bridgehead atoms. The summed E-state index contributed by atoms with van der Waals surface area (Å²) in [7, 11) is 0. The largest absolute Gasteiger partial charge is 0.354 e. The summed E-state index contributed by atoms with van der Waals surface area (Å²) in [5.41, 5.74) is 0. The smallest absolute Gasteiger partial charge is 0.146 e. The number of hydrogen-bond donors (Lipinski definition) is 0. The minimum absolute atomic E-state index is 0.486. The first-order valence-electron chi connectivity index (χ1n) is 2.19. The molecule has 0 spiro atoms. The van der Waals surface area contributed by atoms with Crippen LogP contribution >= 0.6 is 22.6 Å². The number of ether oxygens (including phenoxy) is 2. The molecule has 2 nitrogen and oxygen atoms in total. The van der Waals surface area contributed by atoms with Crippen molar-refractivity contribution in [2.45, 2.75) is 3.92 Å². The molecule has 42 valence electrons. The lowest BCUT2D eigenvalue weighted by Gasteiger charge is -2.16. The van der Waals surface area contributed by atoms with E-state index < -0.39 is 0 Å². The minimum atomic E-state index is 0.486. The van der Waals surface area contributed by atoms with E-state index in [-0.39, 0.29) is 0 Å². The highest BCUT2D eigenvalue weighted by molar-refractivity contribution is 14.1. The van der Waals surface area contributed by atoms with Gasteiger partial charge < -0.3 is 9.47 Å². The van der Waals surface area contributed by atoms with Crippen molar-refractivity contribution in [3.63, 3.8) is 0 Å². The molecule has 1 aliphatic rings. The van der Waals surface area contributed by atoms with Crippen molar-refractivity contribution in [3.05, 3.63) is 0 Å². The van der Waals surface area contributed by atoms with Crippen LogP contribution in [0, 0.1) is 0 Å². The van der Waals surface area contributed by atoms with Crippen LogP contribution in [-0.4, -0.2) is 23.9 Å². The van der Waals surface area contributed by atoms with E-state index in [1.54, 1.807) is 0 Å². The molecule has 0 saturated carbocycles. The van der Waals surface area contributed by atoms with E-state index in [2.05, 4.69) is 22.6 Å². The van der Waals surface area contributed by atoms with E-state index in [9.17, 15) is 0 Å². The highest BCUT2D eigenvalue weighted by Crippen LogP contribution is 2.05. The Labute approximate surface area is 56.3 Å². The van der Waals surface area contributed by atoms with Gasteiger partial charge >= 0.3 is 0 Å². The standard InChI is InChI=1S/C4H7IO2/c5-4-1-6-3-7-2-4/h4H,1-3H2. The SMILES string of the molecule is IC1COCOC1. The van der Waals surface area contributed by atoms with Gasteiger partial charge in [0.05, 0.1) is 17.1 Å². The third-order valence-electron chi connectivity index (χ3n) is 0.764. The molecule has 0 N–H and O–H groups in total. The topological polar surface area (TPSA) is 18.5 Å². The Morgan fingerprint density at radius 2 is 1.86 bits per heavy atom. The highest BCUT2D eigenvalue weighted by atomic mass is 127. The third-order valence-corrected chi connectivity index (χ3v) is 1.48. The van der Waals surface area contributed by atoms with Crippen molar-refractivity contribution < 1.29 is 9.47 Å². The van der Waals surface area contributed by atoms with E-state index in [0.717, 1.165) is 13.2 Å². The van der Waals surface area contributed by atoms with Crippen molar-refractivity contribution in [3.8, 4) is 0 Å². The molecule has 1 aliphatic heterocycles. The van der Waals surface area contributed by atoms with Crippen molar-refractivity contribution in [2.75, 3.05) is 20.0 Å². The Balaban J connectivity index is 2.12. The quantitative estimate of drug-likeness (QED) is 0.438. The molecule has 0 aliphatic carbocycles. The number of rotatable bonds is 0. The Morgan fingerprint density at radius 1 is 1.29 bits per heavy atom. The molecule has 0 aromatic rings. The summed E-state index contributed by atoms with van der Waals surface area (Å²) in [6.07, 6.45) is 0. The van der Waals surface area contributed by atoms with Crippen LogP contribution < -0.4 is 0 Å². The van der Waals surface area contributed by atoms with Crippen LogP contribution in [0.5, 0.6) is 0 Å². The lowest BCUT2D eigenvalue weighted by atomic mass is 10.5. The van der Waals surface area contributed by atoms with Gasteiger partial charge in [-0.2, -0.15) is 0 Å². The van der Waals surface area contributed by atoms with Crippen LogP contribution in [0.3, 0.4) is 0 Å². The second kappa shape index (κ2) is 2.84. The average molecular weight is 214 g/mol. The number of hydrogen-bond acceptors (Lipinski definition) is 2. The minimum Gasteiger partial charge on any atom is -0.354 e. The summed E-state index contributed by atoms with van der Waals surface area (Å²) in [4.78, 5) is 0. The van der Waals surface area contributed by atoms with Gasteiger partial charge in [0.25, 0.3) is 0 Å². The number of alkyl halides is 1. The van der Waals surface area contributed by atoms with E-state index in [1.165, 1.54) is 0 Å². The molecule has 1 saturated heterocycles. The van der Waals surface area contributed by atoms with Gasteiger partial charge in [0.2, 0.25) is 0 Å². The van der Waals surface area contributed by atoms with E-state index >= 15 is 0 Å². The fourth-order valence-electron chi connectivity index (χ4n) is 0.459. The predicted molar refractivity (Wildman–Crippen MR) is 34.6 cm³/mol. The van der Waals surface area contributed by atoms with Crippen LogP contribution in [0.2, 0.25) is 0 Å². The molecule has 3 heteroatoms. The first-order valence-corrected chi connectivity index (χ1v) is 3.44. The molecule has 7 heavy (non-hydrogen) atoms. The summed E-state index contributed by atoms with van der Waals surface area (Å²) in [6, 6.07) is 0. The second-order valence-electron chi connectivity index (χ2n) is 1.46. The zero-order chi connectivity index (χ0) is 5.11. The van der Waals surface area contributed by atoms with Crippen molar-refractivity contribution >= 4 is 22.6 Å². The monoisotopic (exact) mass is 214 g/mol. The molecular weight excluding hydrogens is 207 g/mol. The molecule has 1 fully saturated rings. The van der Waals surface area contributed by atoms with Gasteiger partial charge in [-0.1, -0.05) is 22.6 Å². The van der Waals surface area contributed by atoms with Gasteiger partial charge in [-0.3, -0.25) is 0 Å². The maximum absolute atomic E-state index is 4.95. The molecule has 0 atom stereocenters. The highest BCUT2D eigenvalue weighted by Gasteiger charge is 2.08. The molecular formula is C4H7IO2. The van der Waals surface area contributed by atoms with Crippen LogP contribution in [0.25, 0.3) is 0 Å². The van der Waals surface area contributed by atoms with Gasteiger partial charge in [0.15, 0.2) is 0 Å². The molecule has 0 aromatic heterocycles. The fraction of sp³-hybridized carbons (Fsp3) is 1.00.